The van der Waals surface area contributed by atoms with Gasteiger partial charge in [-0.3, -0.25) is 4.79 Å². The maximum atomic E-state index is 12.0. The van der Waals surface area contributed by atoms with Crippen molar-refractivity contribution in [2.45, 2.75) is 32.4 Å². The van der Waals surface area contributed by atoms with Gasteiger partial charge in [0, 0.05) is 12.6 Å². The SMILES string of the molecule is CCC[C@@H](CNC(=O)Cn1nc2ccccc2n1)N(C)C. The van der Waals surface area contributed by atoms with Crippen LogP contribution in [-0.2, 0) is 11.3 Å². The maximum absolute atomic E-state index is 12.0. The number of carbonyl (C=O) groups is 1. The van der Waals surface area contributed by atoms with Crippen LogP contribution in [0.5, 0.6) is 0 Å². The Kier molecular flexibility index (Phi) is 5.27. The number of nitrogens with zero attached hydrogens (tertiary/aromatic N) is 4. The number of amides is 1. The Hall–Kier alpha value is -1.95. The molecule has 0 spiro atoms. The van der Waals surface area contributed by atoms with E-state index >= 15 is 0 Å². The molecular weight excluding hydrogens is 266 g/mol. The largest absolute Gasteiger partial charge is 0.353 e. The second kappa shape index (κ2) is 7.17. The predicted molar refractivity (Wildman–Crippen MR) is 82.9 cm³/mol. The van der Waals surface area contributed by atoms with E-state index in [2.05, 4.69) is 27.3 Å². The highest BCUT2D eigenvalue weighted by Crippen LogP contribution is 2.06. The molecule has 1 N–H and O–H groups in total. The van der Waals surface area contributed by atoms with E-state index in [1.807, 2.05) is 38.4 Å². The normalized spacial score (nSPS) is 12.8. The van der Waals surface area contributed by atoms with Crippen molar-refractivity contribution in [3.8, 4) is 0 Å². The molecule has 0 aliphatic carbocycles. The van der Waals surface area contributed by atoms with Crippen LogP contribution in [0.25, 0.3) is 11.0 Å². The van der Waals surface area contributed by atoms with Crippen LogP contribution in [0.2, 0.25) is 0 Å². The lowest BCUT2D eigenvalue weighted by molar-refractivity contribution is -0.122. The van der Waals surface area contributed by atoms with Crippen molar-refractivity contribution in [3.05, 3.63) is 24.3 Å². The summed E-state index contributed by atoms with van der Waals surface area (Å²) in [4.78, 5) is 15.6. The molecule has 6 nitrogen and oxygen atoms in total. The molecule has 6 heteroatoms. The van der Waals surface area contributed by atoms with Gasteiger partial charge in [-0.15, -0.1) is 0 Å². The Labute approximate surface area is 125 Å². The standard InChI is InChI=1S/C15H23N5O/c1-4-7-12(19(2)3)10-16-15(21)11-20-17-13-8-5-6-9-14(13)18-20/h5-6,8-9,12H,4,7,10-11H2,1-3H3,(H,16,21)/t12-/m0/s1. The van der Waals surface area contributed by atoms with Crippen molar-refractivity contribution < 1.29 is 4.79 Å². The van der Waals surface area contributed by atoms with Gasteiger partial charge < -0.3 is 10.2 Å². The molecular formula is C15H23N5O. The topological polar surface area (TPSA) is 63.1 Å². The van der Waals surface area contributed by atoms with Crippen LogP contribution >= 0.6 is 0 Å². The fraction of sp³-hybridized carbons (Fsp3) is 0.533. The first-order valence-corrected chi connectivity index (χ1v) is 7.33. The zero-order valence-corrected chi connectivity index (χ0v) is 12.9. The molecule has 0 radical (unpaired) electrons. The molecule has 0 aliphatic heterocycles. The van der Waals surface area contributed by atoms with Gasteiger partial charge in [0.05, 0.1) is 0 Å². The number of hydrogen-bond acceptors (Lipinski definition) is 4. The molecule has 0 unspecified atom stereocenters. The minimum atomic E-state index is -0.0572. The van der Waals surface area contributed by atoms with Gasteiger partial charge in [-0.05, 0) is 32.6 Å². The van der Waals surface area contributed by atoms with E-state index in [0.29, 0.717) is 12.6 Å². The first kappa shape index (κ1) is 15.4. The van der Waals surface area contributed by atoms with Gasteiger partial charge in [-0.25, -0.2) is 0 Å². The van der Waals surface area contributed by atoms with Crippen molar-refractivity contribution in [2.75, 3.05) is 20.6 Å². The van der Waals surface area contributed by atoms with Gasteiger partial charge >= 0.3 is 0 Å². The molecule has 1 heterocycles. The Morgan fingerprint density at radius 2 is 1.90 bits per heavy atom. The zero-order valence-electron chi connectivity index (χ0n) is 12.9. The average Bonchev–Trinajstić information content (AvgIpc) is 2.85. The third kappa shape index (κ3) is 4.26. The monoisotopic (exact) mass is 289 g/mol. The van der Waals surface area contributed by atoms with Crippen LogP contribution in [0.15, 0.2) is 24.3 Å². The highest BCUT2D eigenvalue weighted by Gasteiger charge is 2.12. The van der Waals surface area contributed by atoms with Crippen molar-refractivity contribution in [1.29, 1.82) is 0 Å². The van der Waals surface area contributed by atoms with Gasteiger partial charge in [0.25, 0.3) is 0 Å². The summed E-state index contributed by atoms with van der Waals surface area (Å²) in [7, 11) is 4.07. The smallest absolute Gasteiger partial charge is 0.243 e. The minimum Gasteiger partial charge on any atom is -0.353 e. The summed E-state index contributed by atoms with van der Waals surface area (Å²) in [6.45, 7) is 2.96. The van der Waals surface area contributed by atoms with E-state index in [1.165, 1.54) is 4.80 Å². The van der Waals surface area contributed by atoms with E-state index < -0.39 is 0 Å². The van der Waals surface area contributed by atoms with Gasteiger partial charge in [0.15, 0.2) is 0 Å². The number of nitrogens with one attached hydrogen (secondary N) is 1. The molecule has 2 rings (SSSR count). The number of hydrogen-bond donors (Lipinski definition) is 1. The number of carbonyl (C=O) groups excluding carboxylic acids is 1. The first-order valence-electron chi connectivity index (χ1n) is 7.33. The number of fused-ring (bicyclic) bond motifs is 1. The number of benzene rings is 1. The second-order valence-electron chi connectivity index (χ2n) is 5.43. The van der Waals surface area contributed by atoms with E-state index in [9.17, 15) is 4.79 Å². The van der Waals surface area contributed by atoms with Crippen LogP contribution in [0.4, 0.5) is 0 Å². The van der Waals surface area contributed by atoms with Gasteiger partial charge in [-0.1, -0.05) is 25.5 Å². The number of likely N-dealkylation sites (N-methyl/N-ethyl adjacent to an activating group) is 1. The van der Waals surface area contributed by atoms with Crippen LogP contribution in [0.3, 0.4) is 0 Å². The lowest BCUT2D eigenvalue weighted by Crippen LogP contribution is -2.41. The molecule has 1 atom stereocenters. The highest BCUT2D eigenvalue weighted by molar-refractivity contribution is 5.77. The van der Waals surface area contributed by atoms with E-state index in [-0.39, 0.29) is 12.5 Å². The van der Waals surface area contributed by atoms with E-state index in [1.54, 1.807) is 0 Å². The molecule has 1 amide bonds. The van der Waals surface area contributed by atoms with Gasteiger partial charge in [0.2, 0.25) is 5.91 Å². The maximum Gasteiger partial charge on any atom is 0.243 e. The molecule has 114 valence electrons. The quantitative estimate of drug-likeness (QED) is 0.834. The lowest BCUT2D eigenvalue weighted by atomic mass is 10.1. The molecule has 1 aromatic carbocycles. The van der Waals surface area contributed by atoms with Crippen LogP contribution in [0, 0.1) is 0 Å². The second-order valence-corrected chi connectivity index (χ2v) is 5.43. The van der Waals surface area contributed by atoms with E-state index in [4.69, 9.17) is 0 Å². The molecule has 0 saturated heterocycles. The van der Waals surface area contributed by atoms with Crippen molar-refractivity contribution >= 4 is 16.9 Å². The molecule has 1 aromatic heterocycles. The summed E-state index contributed by atoms with van der Waals surface area (Å²) in [5, 5.41) is 11.5. The van der Waals surface area contributed by atoms with Gasteiger partial charge in [-0.2, -0.15) is 15.0 Å². The predicted octanol–water partition coefficient (Wildman–Crippen LogP) is 1.28. The fourth-order valence-corrected chi connectivity index (χ4v) is 2.27. The summed E-state index contributed by atoms with van der Waals surface area (Å²) >= 11 is 0. The fourth-order valence-electron chi connectivity index (χ4n) is 2.27. The van der Waals surface area contributed by atoms with Gasteiger partial charge in [0.1, 0.15) is 17.6 Å². The number of rotatable bonds is 7. The molecule has 0 aliphatic rings. The average molecular weight is 289 g/mol. The van der Waals surface area contributed by atoms with Crippen molar-refractivity contribution in [1.82, 2.24) is 25.2 Å². The molecule has 0 saturated carbocycles. The molecule has 0 bridgehead atoms. The van der Waals surface area contributed by atoms with Crippen LogP contribution in [0.1, 0.15) is 19.8 Å². The Morgan fingerprint density at radius 1 is 1.29 bits per heavy atom. The summed E-state index contributed by atoms with van der Waals surface area (Å²) < 4.78 is 0. The summed E-state index contributed by atoms with van der Waals surface area (Å²) in [5.41, 5.74) is 1.62. The number of aromatic nitrogens is 3. The minimum absolute atomic E-state index is 0.0572. The third-order valence-electron chi connectivity index (χ3n) is 3.50. The molecule has 21 heavy (non-hydrogen) atoms. The molecule has 2 aromatic rings. The summed E-state index contributed by atoms with van der Waals surface area (Å²) in [6.07, 6.45) is 2.17. The Bertz CT molecular complexity index is 560. The Morgan fingerprint density at radius 3 is 2.43 bits per heavy atom. The summed E-state index contributed by atoms with van der Waals surface area (Å²) in [5.74, 6) is -0.0572. The van der Waals surface area contributed by atoms with E-state index in [0.717, 1.165) is 23.9 Å². The van der Waals surface area contributed by atoms with Crippen LogP contribution in [-0.4, -0.2) is 52.5 Å². The third-order valence-corrected chi connectivity index (χ3v) is 3.50. The van der Waals surface area contributed by atoms with Crippen molar-refractivity contribution in [2.24, 2.45) is 0 Å². The summed E-state index contributed by atoms with van der Waals surface area (Å²) in [6, 6.07) is 7.96. The van der Waals surface area contributed by atoms with Crippen LogP contribution < -0.4 is 5.32 Å². The molecule has 0 fully saturated rings. The Balaban J connectivity index is 1.89. The zero-order chi connectivity index (χ0) is 15.2. The van der Waals surface area contributed by atoms with Crippen molar-refractivity contribution in [3.63, 3.8) is 0 Å². The first-order chi connectivity index (χ1) is 10.1. The highest BCUT2D eigenvalue weighted by atomic mass is 16.2. The lowest BCUT2D eigenvalue weighted by Gasteiger charge is -2.24.